The highest BCUT2D eigenvalue weighted by molar-refractivity contribution is 7.99. The zero-order valence-electron chi connectivity index (χ0n) is 10.7. The first-order chi connectivity index (χ1) is 9.40. The number of nitro groups is 1. The van der Waals surface area contributed by atoms with E-state index in [9.17, 15) is 14.9 Å². The topological polar surface area (TPSA) is 98.3 Å². The van der Waals surface area contributed by atoms with Crippen LogP contribution < -0.4 is 0 Å². The van der Waals surface area contributed by atoms with E-state index in [1.54, 1.807) is 30.7 Å². The zero-order valence-corrected chi connectivity index (χ0v) is 11.5. The quantitative estimate of drug-likeness (QED) is 0.687. The van der Waals surface area contributed by atoms with Crippen molar-refractivity contribution in [3.63, 3.8) is 0 Å². The molecule has 0 unspecified atom stereocenters. The second kappa shape index (κ2) is 5.33. The van der Waals surface area contributed by atoms with Gasteiger partial charge < -0.3 is 15.2 Å². The molecular formula is C12H11N3O4S. The van der Waals surface area contributed by atoms with E-state index < -0.39 is 10.9 Å². The van der Waals surface area contributed by atoms with Crippen molar-refractivity contribution < 1.29 is 14.8 Å². The Kier molecular flexibility index (Phi) is 3.75. The molecule has 0 aliphatic carbocycles. The molecule has 0 aliphatic heterocycles. The predicted octanol–water partition coefficient (Wildman–Crippen LogP) is 2.49. The first-order valence-corrected chi connectivity index (χ1v) is 6.40. The number of imidazole rings is 1. The van der Waals surface area contributed by atoms with Crippen molar-refractivity contribution in [3.8, 4) is 0 Å². The summed E-state index contributed by atoms with van der Waals surface area (Å²) >= 11 is 1.18. The van der Waals surface area contributed by atoms with Crippen molar-refractivity contribution >= 4 is 23.5 Å². The molecule has 0 amide bonds. The maximum atomic E-state index is 11.0. The number of hydrogen-bond acceptors (Lipinski definition) is 5. The van der Waals surface area contributed by atoms with Crippen LogP contribution in [0.1, 0.15) is 16.2 Å². The van der Waals surface area contributed by atoms with Gasteiger partial charge in [0.15, 0.2) is 5.03 Å². The predicted molar refractivity (Wildman–Crippen MR) is 72.1 cm³/mol. The number of nitrogens with zero attached hydrogens (tertiary/aromatic N) is 3. The van der Waals surface area contributed by atoms with Gasteiger partial charge in [-0.2, -0.15) is 0 Å². The van der Waals surface area contributed by atoms with Crippen molar-refractivity contribution in [2.45, 2.75) is 16.8 Å². The third-order valence-electron chi connectivity index (χ3n) is 2.74. The lowest BCUT2D eigenvalue weighted by molar-refractivity contribution is -0.392. The van der Waals surface area contributed by atoms with E-state index in [4.69, 9.17) is 5.11 Å². The molecule has 1 aromatic heterocycles. The monoisotopic (exact) mass is 293 g/mol. The largest absolute Gasteiger partial charge is 0.478 e. The summed E-state index contributed by atoms with van der Waals surface area (Å²) in [5.41, 5.74) is 0.171. The van der Waals surface area contributed by atoms with Crippen LogP contribution in [0.2, 0.25) is 0 Å². The van der Waals surface area contributed by atoms with E-state index in [-0.39, 0.29) is 11.4 Å². The van der Waals surface area contributed by atoms with Crippen molar-refractivity contribution in [1.29, 1.82) is 0 Å². The van der Waals surface area contributed by atoms with Gasteiger partial charge in [0.05, 0.1) is 5.56 Å². The molecule has 0 saturated carbocycles. The Labute approximate surface area is 118 Å². The summed E-state index contributed by atoms with van der Waals surface area (Å²) in [5, 5.41) is 20.2. The number of benzene rings is 1. The van der Waals surface area contributed by atoms with Crippen LogP contribution >= 0.6 is 11.8 Å². The molecule has 0 aliphatic rings. The van der Waals surface area contributed by atoms with Crippen LogP contribution in [-0.2, 0) is 7.05 Å². The van der Waals surface area contributed by atoms with E-state index >= 15 is 0 Å². The molecule has 7 nitrogen and oxygen atoms in total. The van der Waals surface area contributed by atoms with Gasteiger partial charge >= 0.3 is 11.8 Å². The van der Waals surface area contributed by atoms with E-state index in [1.165, 1.54) is 23.9 Å². The molecule has 0 atom stereocenters. The molecule has 0 radical (unpaired) electrons. The number of aromatic carboxylic acids is 1. The second-order valence-electron chi connectivity index (χ2n) is 4.04. The van der Waals surface area contributed by atoms with Crippen molar-refractivity contribution in [2.75, 3.05) is 0 Å². The highest BCUT2D eigenvalue weighted by atomic mass is 32.2. The third kappa shape index (κ3) is 2.64. The number of carboxylic acid groups (broad SMARTS) is 1. The highest BCUT2D eigenvalue weighted by Crippen LogP contribution is 2.34. The smallest absolute Gasteiger partial charge is 0.396 e. The van der Waals surface area contributed by atoms with Gasteiger partial charge in [-0.05, 0) is 34.2 Å². The Bertz CT molecular complexity index is 679. The fourth-order valence-electron chi connectivity index (χ4n) is 1.58. The Morgan fingerprint density at radius 2 is 2.00 bits per heavy atom. The molecular weight excluding hydrogens is 282 g/mol. The summed E-state index contributed by atoms with van der Waals surface area (Å²) in [6, 6.07) is 6.14. The summed E-state index contributed by atoms with van der Waals surface area (Å²) in [5.74, 6) is -0.664. The van der Waals surface area contributed by atoms with Crippen LogP contribution in [-0.4, -0.2) is 25.6 Å². The molecule has 0 fully saturated rings. The number of aromatic nitrogens is 2. The summed E-state index contributed by atoms with van der Waals surface area (Å²) in [6.45, 7) is 1.69. The van der Waals surface area contributed by atoms with Gasteiger partial charge in [-0.1, -0.05) is 11.8 Å². The molecule has 1 aromatic carbocycles. The van der Waals surface area contributed by atoms with Gasteiger partial charge in [-0.25, -0.2) is 4.79 Å². The minimum Gasteiger partial charge on any atom is -0.478 e. The number of carbonyl (C=O) groups is 1. The number of rotatable bonds is 4. The van der Waals surface area contributed by atoms with E-state index in [2.05, 4.69) is 4.98 Å². The van der Waals surface area contributed by atoms with Crippen LogP contribution in [0.15, 0.2) is 34.2 Å². The molecule has 8 heteroatoms. The van der Waals surface area contributed by atoms with E-state index in [0.717, 1.165) is 0 Å². The van der Waals surface area contributed by atoms with Crippen molar-refractivity contribution in [3.05, 3.63) is 45.8 Å². The minimum atomic E-state index is -1.01. The Hall–Kier alpha value is -2.35. The third-order valence-corrected chi connectivity index (χ3v) is 3.90. The van der Waals surface area contributed by atoms with Crippen LogP contribution in [0.5, 0.6) is 0 Å². The first kappa shape index (κ1) is 14.1. The van der Waals surface area contributed by atoms with Crippen molar-refractivity contribution in [2.24, 2.45) is 7.05 Å². The fraction of sp³-hybridized carbons (Fsp3) is 0.167. The Morgan fingerprint density at radius 3 is 2.50 bits per heavy atom. The highest BCUT2D eigenvalue weighted by Gasteiger charge is 2.24. The Morgan fingerprint density at radius 1 is 1.40 bits per heavy atom. The van der Waals surface area contributed by atoms with Crippen molar-refractivity contribution in [1.82, 2.24) is 9.55 Å². The summed E-state index contributed by atoms with van der Waals surface area (Å²) < 4.78 is 1.63. The number of aryl methyl sites for hydroxylation is 1. The van der Waals surface area contributed by atoms with Crippen LogP contribution in [0.4, 0.5) is 5.82 Å². The summed E-state index contributed by atoms with van der Waals surface area (Å²) in [4.78, 5) is 25.8. The van der Waals surface area contributed by atoms with E-state index in [0.29, 0.717) is 15.7 Å². The molecule has 20 heavy (non-hydrogen) atoms. The number of carboxylic acids is 1. The zero-order chi connectivity index (χ0) is 14.9. The van der Waals surface area contributed by atoms with Gasteiger partial charge in [0.25, 0.3) is 0 Å². The van der Waals surface area contributed by atoms with Gasteiger partial charge in [0, 0.05) is 18.9 Å². The molecule has 2 rings (SSSR count). The van der Waals surface area contributed by atoms with Crippen LogP contribution in [0, 0.1) is 17.0 Å². The molecule has 104 valence electrons. The lowest BCUT2D eigenvalue weighted by atomic mass is 10.2. The fourth-order valence-corrected chi connectivity index (χ4v) is 2.56. The normalized spacial score (nSPS) is 10.5. The second-order valence-corrected chi connectivity index (χ2v) is 5.10. The molecule has 0 bridgehead atoms. The van der Waals surface area contributed by atoms with Gasteiger partial charge in [-0.3, -0.25) is 4.57 Å². The summed E-state index contributed by atoms with van der Waals surface area (Å²) in [7, 11) is 1.70. The molecule has 1 heterocycles. The molecule has 1 N–H and O–H groups in total. The Balaban J connectivity index is 2.34. The first-order valence-electron chi connectivity index (χ1n) is 5.59. The minimum absolute atomic E-state index is 0.171. The van der Waals surface area contributed by atoms with Crippen LogP contribution in [0.25, 0.3) is 0 Å². The number of hydrogen-bond donors (Lipinski definition) is 1. The standard InChI is InChI=1S/C12H11N3O4S/c1-7-13-10(15(18)19)11(14(7)2)20-9-5-3-8(4-6-9)12(16)17/h3-6H,1-2H3,(H,16,17). The van der Waals surface area contributed by atoms with Gasteiger partial charge in [-0.15, -0.1) is 0 Å². The maximum absolute atomic E-state index is 11.0. The average molecular weight is 293 g/mol. The lowest BCUT2D eigenvalue weighted by Gasteiger charge is -2.03. The molecule has 0 saturated heterocycles. The average Bonchev–Trinajstić information content (AvgIpc) is 2.68. The van der Waals surface area contributed by atoms with E-state index in [1.807, 2.05) is 0 Å². The lowest BCUT2D eigenvalue weighted by Crippen LogP contribution is -1.96. The maximum Gasteiger partial charge on any atom is 0.396 e. The van der Waals surface area contributed by atoms with Crippen LogP contribution in [0.3, 0.4) is 0 Å². The van der Waals surface area contributed by atoms with Gasteiger partial charge in [0.2, 0.25) is 5.82 Å². The van der Waals surface area contributed by atoms with Gasteiger partial charge in [0.1, 0.15) is 0 Å². The molecule has 0 spiro atoms. The molecule has 2 aromatic rings. The SMILES string of the molecule is Cc1nc([N+](=O)[O-])c(Sc2ccc(C(=O)O)cc2)n1C. The summed E-state index contributed by atoms with van der Waals surface area (Å²) in [6.07, 6.45) is 0.